The number of aromatic nitrogens is 4. The van der Waals surface area contributed by atoms with E-state index >= 15 is 0 Å². The Bertz CT molecular complexity index is 873. The molecule has 0 radical (unpaired) electrons. The third kappa shape index (κ3) is 4.12. The fraction of sp³-hybridized carbons (Fsp3) is 0.263. The molecule has 1 aliphatic heterocycles. The van der Waals surface area contributed by atoms with Crippen molar-refractivity contribution in [1.82, 2.24) is 30.0 Å². The highest BCUT2D eigenvalue weighted by Crippen LogP contribution is 2.12. The fourth-order valence-corrected chi connectivity index (χ4v) is 3.11. The van der Waals surface area contributed by atoms with Crippen molar-refractivity contribution in [3.05, 3.63) is 66.5 Å². The van der Waals surface area contributed by atoms with Crippen LogP contribution in [0.2, 0.25) is 0 Å². The zero-order chi connectivity index (χ0) is 18.5. The molecule has 0 atom stereocenters. The number of rotatable bonds is 4. The van der Waals surface area contributed by atoms with Crippen LogP contribution in [0.1, 0.15) is 5.82 Å². The van der Waals surface area contributed by atoms with E-state index in [0.717, 1.165) is 30.3 Å². The molecule has 3 aromatic rings. The molecule has 2 heterocycles. The first-order chi connectivity index (χ1) is 13.3. The zero-order valence-corrected chi connectivity index (χ0v) is 14.9. The summed E-state index contributed by atoms with van der Waals surface area (Å²) < 4.78 is 1.76. The Morgan fingerprint density at radius 2 is 1.59 bits per heavy atom. The second-order valence-electron chi connectivity index (χ2n) is 6.40. The molecule has 1 aromatic heterocycles. The Kier molecular flexibility index (Phi) is 5.06. The number of urea groups is 1. The topological polar surface area (TPSA) is 79.2 Å². The average molecular weight is 363 g/mol. The van der Waals surface area contributed by atoms with Crippen LogP contribution in [0.25, 0.3) is 5.69 Å². The summed E-state index contributed by atoms with van der Waals surface area (Å²) in [6, 6.07) is 19.3. The maximum absolute atomic E-state index is 12.4. The predicted molar refractivity (Wildman–Crippen MR) is 101 cm³/mol. The lowest BCUT2D eigenvalue weighted by molar-refractivity contribution is 0.140. The number of nitrogens with one attached hydrogen (secondary N) is 1. The Hall–Kier alpha value is -3.26. The van der Waals surface area contributed by atoms with Gasteiger partial charge < -0.3 is 10.2 Å². The third-order valence-electron chi connectivity index (χ3n) is 4.58. The van der Waals surface area contributed by atoms with Crippen LogP contribution in [0.15, 0.2) is 60.7 Å². The van der Waals surface area contributed by atoms with Gasteiger partial charge in [0.05, 0.1) is 12.2 Å². The second kappa shape index (κ2) is 7.96. The summed E-state index contributed by atoms with van der Waals surface area (Å²) in [5.41, 5.74) is 1.75. The van der Waals surface area contributed by atoms with Gasteiger partial charge in [-0.3, -0.25) is 4.90 Å². The van der Waals surface area contributed by atoms with Crippen molar-refractivity contribution in [2.24, 2.45) is 0 Å². The third-order valence-corrected chi connectivity index (χ3v) is 4.58. The zero-order valence-electron chi connectivity index (χ0n) is 14.9. The van der Waals surface area contributed by atoms with Gasteiger partial charge in [-0.15, -0.1) is 5.10 Å². The molecule has 138 valence electrons. The van der Waals surface area contributed by atoms with E-state index in [1.807, 2.05) is 65.6 Å². The van der Waals surface area contributed by atoms with E-state index in [1.165, 1.54) is 0 Å². The number of amides is 2. The molecule has 0 saturated carbocycles. The van der Waals surface area contributed by atoms with E-state index in [1.54, 1.807) is 4.68 Å². The summed E-state index contributed by atoms with van der Waals surface area (Å²) in [6.45, 7) is 3.56. The van der Waals surface area contributed by atoms with Crippen molar-refractivity contribution in [3.63, 3.8) is 0 Å². The van der Waals surface area contributed by atoms with Gasteiger partial charge in [0.2, 0.25) is 0 Å². The van der Waals surface area contributed by atoms with Gasteiger partial charge in [-0.25, -0.2) is 4.79 Å². The van der Waals surface area contributed by atoms with Crippen LogP contribution in [0.3, 0.4) is 0 Å². The van der Waals surface area contributed by atoms with Crippen LogP contribution in [-0.2, 0) is 6.54 Å². The highest BCUT2D eigenvalue weighted by molar-refractivity contribution is 5.89. The molecule has 0 aliphatic carbocycles. The molecule has 0 spiro atoms. The molecule has 2 aromatic carbocycles. The standard InChI is InChI=1S/C19H21N7O/c27-19(20-16-7-3-1-4-8-16)25-13-11-24(12-14-25)15-18-21-22-23-26(18)17-9-5-2-6-10-17/h1-10H,11-15H2,(H,20,27). The van der Waals surface area contributed by atoms with E-state index < -0.39 is 0 Å². The minimum atomic E-state index is -0.0602. The minimum Gasteiger partial charge on any atom is -0.322 e. The molecular formula is C19H21N7O. The number of carbonyl (C=O) groups is 1. The van der Waals surface area contributed by atoms with Gasteiger partial charge in [0.15, 0.2) is 5.82 Å². The number of para-hydroxylation sites is 2. The SMILES string of the molecule is O=C(Nc1ccccc1)N1CCN(Cc2nnnn2-c2ccccc2)CC1. The number of anilines is 1. The van der Waals surface area contributed by atoms with Crippen molar-refractivity contribution in [2.75, 3.05) is 31.5 Å². The number of nitrogens with zero attached hydrogens (tertiary/aromatic N) is 6. The molecule has 1 aliphatic rings. The minimum absolute atomic E-state index is 0.0602. The van der Waals surface area contributed by atoms with Crippen LogP contribution < -0.4 is 5.32 Å². The lowest BCUT2D eigenvalue weighted by Crippen LogP contribution is -2.49. The van der Waals surface area contributed by atoms with Crippen LogP contribution in [0, 0.1) is 0 Å². The first-order valence-corrected chi connectivity index (χ1v) is 8.95. The van der Waals surface area contributed by atoms with Gasteiger partial charge in [-0.2, -0.15) is 4.68 Å². The molecule has 0 unspecified atom stereocenters. The summed E-state index contributed by atoms with van der Waals surface area (Å²) in [5, 5.41) is 15.0. The molecule has 8 nitrogen and oxygen atoms in total. The molecule has 1 fully saturated rings. The number of carbonyl (C=O) groups excluding carboxylic acids is 1. The van der Waals surface area contributed by atoms with Gasteiger partial charge in [0, 0.05) is 31.9 Å². The number of piperazine rings is 1. The lowest BCUT2D eigenvalue weighted by atomic mass is 10.3. The molecule has 27 heavy (non-hydrogen) atoms. The summed E-state index contributed by atoms with van der Waals surface area (Å²) >= 11 is 0. The Morgan fingerprint density at radius 1 is 0.926 bits per heavy atom. The number of tetrazole rings is 1. The van der Waals surface area contributed by atoms with Gasteiger partial charge in [-0.1, -0.05) is 36.4 Å². The van der Waals surface area contributed by atoms with E-state index in [0.29, 0.717) is 19.6 Å². The van der Waals surface area contributed by atoms with Gasteiger partial charge >= 0.3 is 6.03 Å². The van der Waals surface area contributed by atoms with E-state index in [-0.39, 0.29) is 6.03 Å². The molecular weight excluding hydrogens is 342 g/mol. The van der Waals surface area contributed by atoms with Crippen LogP contribution in [-0.4, -0.2) is 62.2 Å². The fourth-order valence-electron chi connectivity index (χ4n) is 3.11. The summed E-state index contributed by atoms with van der Waals surface area (Å²) in [7, 11) is 0. The van der Waals surface area contributed by atoms with E-state index in [2.05, 4.69) is 25.7 Å². The first-order valence-electron chi connectivity index (χ1n) is 8.95. The maximum atomic E-state index is 12.4. The van der Waals surface area contributed by atoms with Crippen molar-refractivity contribution in [3.8, 4) is 5.69 Å². The van der Waals surface area contributed by atoms with Crippen molar-refractivity contribution >= 4 is 11.7 Å². The summed E-state index contributed by atoms with van der Waals surface area (Å²) in [5.74, 6) is 0.795. The van der Waals surface area contributed by atoms with Crippen LogP contribution in [0.5, 0.6) is 0 Å². The second-order valence-corrected chi connectivity index (χ2v) is 6.40. The van der Waals surface area contributed by atoms with Crippen LogP contribution in [0.4, 0.5) is 10.5 Å². The van der Waals surface area contributed by atoms with Gasteiger partial charge in [-0.05, 0) is 34.7 Å². The van der Waals surface area contributed by atoms with Crippen molar-refractivity contribution in [1.29, 1.82) is 0 Å². The van der Waals surface area contributed by atoms with Crippen molar-refractivity contribution in [2.45, 2.75) is 6.54 Å². The Balaban J connectivity index is 1.33. The number of hydrogen-bond donors (Lipinski definition) is 1. The Morgan fingerprint density at radius 3 is 2.30 bits per heavy atom. The maximum Gasteiger partial charge on any atom is 0.321 e. The molecule has 1 N–H and O–H groups in total. The van der Waals surface area contributed by atoms with Gasteiger partial charge in [0.1, 0.15) is 0 Å². The summed E-state index contributed by atoms with van der Waals surface area (Å²) in [6.07, 6.45) is 0. The van der Waals surface area contributed by atoms with E-state index in [9.17, 15) is 4.79 Å². The Labute approximate surface area is 157 Å². The largest absolute Gasteiger partial charge is 0.322 e. The monoisotopic (exact) mass is 363 g/mol. The molecule has 2 amide bonds. The summed E-state index contributed by atoms with van der Waals surface area (Å²) in [4.78, 5) is 16.5. The number of benzene rings is 2. The number of hydrogen-bond acceptors (Lipinski definition) is 5. The van der Waals surface area contributed by atoms with E-state index in [4.69, 9.17) is 0 Å². The highest BCUT2D eigenvalue weighted by atomic mass is 16.2. The molecule has 4 rings (SSSR count). The smallest absolute Gasteiger partial charge is 0.321 e. The molecule has 0 bridgehead atoms. The molecule has 1 saturated heterocycles. The molecule has 8 heteroatoms. The van der Waals surface area contributed by atoms with Gasteiger partial charge in [0.25, 0.3) is 0 Å². The van der Waals surface area contributed by atoms with Crippen LogP contribution >= 0.6 is 0 Å². The quantitative estimate of drug-likeness (QED) is 0.767. The average Bonchev–Trinajstić information content (AvgIpc) is 3.18. The predicted octanol–water partition coefficient (Wildman–Crippen LogP) is 2.01. The van der Waals surface area contributed by atoms with Crippen molar-refractivity contribution < 1.29 is 4.79 Å². The first kappa shape index (κ1) is 17.2. The lowest BCUT2D eigenvalue weighted by Gasteiger charge is -2.34. The normalized spacial score (nSPS) is 14.9. The highest BCUT2D eigenvalue weighted by Gasteiger charge is 2.22.